The predicted octanol–water partition coefficient (Wildman–Crippen LogP) is 2.87. The van der Waals surface area contributed by atoms with Gasteiger partial charge in [-0.05, 0) is 31.0 Å². The zero-order valence-corrected chi connectivity index (χ0v) is 11.8. The molecule has 0 amide bonds. The van der Waals surface area contributed by atoms with Gasteiger partial charge in [-0.1, -0.05) is 13.8 Å². The van der Waals surface area contributed by atoms with Crippen LogP contribution in [-0.4, -0.2) is 19.7 Å². The molecule has 0 aliphatic rings. The minimum Gasteiger partial charge on any atom is -0.496 e. The molecular formula is C15H19NO3. The lowest BCUT2D eigenvalue weighted by Crippen LogP contribution is -2.21. The monoisotopic (exact) mass is 261 g/mol. The molecular weight excluding hydrogens is 242 g/mol. The van der Waals surface area contributed by atoms with E-state index in [0.29, 0.717) is 23.5 Å². The maximum absolute atomic E-state index is 12.1. The number of nitrogens with zero attached hydrogens (tertiary/aromatic N) is 1. The highest BCUT2D eigenvalue weighted by molar-refractivity contribution is 5.79. The van der Waals surface area contributed by atoms with Crippen molar-refractivity contribution in [2.24, 2.45) is 5.92 Å². The average Bonchev–Trinajstić information content (AvgIpc) is 2.38. The third kappa shape index (κ3) is 3.47. The second-order valence-electron chi connectivity index (χ2n) is 4.54. The quantitative estimate of drug-likeness (QED) is 0.765. The largest absolute Gasteiger partial charge is 0.496 e. The Morgan fingerprint density at radius 1 is 1.42 bits per heavy atom. The number of hydrogen-bond acceptors (Lipinski definition) is 4. The minimum absolute atomic E-state index is 0.0573. The van der Waals surface area contributed by atoms with Gasteiger partial charge in [0.25, 0.3) is 0 Å². The number of methoxy groups -OCH3 is 1. The van der Waals surface area contributed by atoms with E-state index in [1.165, 1.54) is 0 Å². The minimum atomic E-state index is -0.428. The summed E-state index contributed by atoms with van der Waals surface area (Å²) in [6.07, 6.45) is 0. The van der Waals surface area contributed by atoms with Crippen LogP contribution in [0.15, 0.2) is 18.2 Å². The standard InChI is InChI=1S/C15H19NO3/c1-5-19-15(17)14(10(2)3)12-8-11(9-16)6-7-13(12)18-4/h6-8,10,14H,5H2,1-4H3. The van der Waals surface area contributed by atoms with Crippen LogP contribution in [0.2, 0.25) is 0 Å². The van der Waals surface area contributed by atoms with Gasteiger partial charge < -0.3 is 9.47 Å². The number of carbonyl (C=O) groups excluding carboxylic acids is 1. The van der Waals surface area contributed by atoms with Gasteiger partial charge in [0.2, 0.25) is 0 Å². The first-order valence-corrected chi connectivity index (χ1v) is 6.29. The Morgan fingerprint density at radius 2 is 2.11 bits per heavy atom. The van der Waals surface area contributed by atoms with Crippen molar-refractivity contribution >= 4 is 5.97 Å². The van der Waals surface area contributed by atoms with Crippen molar-refractivity contribution < 1.29 is 14.3 Å². The Bertz CT molecular complexity index is 489. The number of nitriles is 1. The van der Waals surface area contributed by atoms with E-state index >= 15 is 0 Å². The van der Waals surface area contributed by atoms with Crippen LogP contribution < -0.4 is 4.74 Å². The van der Waals surface area contributed by atoms with E-state index in [4.69, 9.17) is 14.7 Å². The Labute approximate surface area is 113 Å². The van der Waals surface area contributed by atoms with Crippen molar-refractivity contribution in [1.29, 1.82) is 5.26 Å². The van der Waals surface area contributed by atoms with Gasteiger partial charge in [-0.2, -0.15) is 5.26 Å². The van der Waals surface area contributed by atoms with E-state index in [1.54, 1.807) is 32.2 Å². The fourth-order valence-electron chi connectivity index (χ4n) is 2.04. The molecule has 102 valence electrons. The number of hydrogen-bond donors (Lipinski definition) is 0. The number of rotatable bonds is 5. The van der Waals surface area contributed by atoms with Crippen molar-refractivity contribution in [3.8, 4) is 11.8 Å². The van der Waals surface area contributed by atoms with Gasteiger partial charge in [0.15, 0.2) is 0 Å². The smallest absolute Gasteiger partial charge is 0.313 e. The van der Waals surface area contributed by atoms with Crippen molar-refractivity contribution in [3.63, 3.8) is 0 Å². The molecule has 0 saturated carbocycles. The number of ether oxygens (including phenoxy) is 2. The van der Waals surface area contributed by atoms with Gasteiger partial charge in [0, 0.05) is 5.56 Å². The highest BCUT2D eigenvalue weighted by atomic mass is 16.5. The van der Waals surface area contributed by atoms with E-state index in [2.05, 4.69) is 6.07 Å². The Hall–Kier alpha value is -2.02. The molecule has 0 fully saturated rings. The number of benzene rings is 1. The third-order valence-electron chi connectivity index (χ3n) is 2.90. The zero-order chi connectivity index (χ0) is 14.4. The summed E-state index contributed by atoms with van der Waals surface area (Å²) in [6, 6.07) is 7.15. The van der Waals surface area contributed by atoms with Crippen molar-refractivity contribution in [1.82, 2.24) is 0 Å². The van der Waals surface area contributed by atoms with Crippen LogP contribution in [0.4, 0.5) is 0 Å². The van der Waals surface area contributed by atoms with E-state index < -0.39 is 5.92 Å². The molecule has 4 heteroatoms. The molecule has 0 saturated heterocycles. The third-order valence-corrected chi connectivity index (χ3v) is 2.90. The summed E-state index contributed by atoms with van der Waals surface area (Å²) in [5, 5.41) is 8.98. The molecule has 0 aromatic heterocycles. The second kappa shape index (κ2) is 6.79. The summed E-state index contributed by atoms with van der Waals surface area (Å²) in [5.74, 6) is -0.0539. The number of carbonyl (C=O) groups is 1. The molecule has 1 unspecified atom stereocenters. The molecule has 0 radical (unpaired) electrons. The van der Waals surface area contributed by atoms with E-state index in [-0.39, 0.29) is 11.9 Å². The van der Waals surface area contributed by atoms with Gasteiger partial charge in [-0.25, -0.2) is 0 Å². The van der Waals surface area contributed by atoms with Crippen molar-refractivity contribution in [2.45, 2.75) is 26.7 Å². The van der Waals surface area contributed by atoms with Gasteiger partial charge in [0.05, 0.1) is 31.3 Å². The maximum Gasteiger partial charge on any atom is 0.313 e. The maximum atomic E-state index is 12.1. The van der Waals surface area contributed by atoms with Crippen LogP contribution in [0.3, 0.4) is 0 Å². The molecule has 4 nitrogen and oxygen atoms in total. The molecule has 0 aliphatic heterocycles. The highest BCUT2D eigenvalue weighted by Crippen LogP contribution is 2.33. The van der Waals surface area contributed by atoms with Crippen LogP contribution in [0.5, 0.6) is 5.75 Å². The summed E-state index contributed by atoms with van der Waals surface area (Å²) in [6.45, 7) is 6.00. The van der Waals surface area contributed by atoms with Gasteiger partial charge >= 0.3 is 5.97 Å². The molecule has 0 N–H and O–H groups in total. The molecule has 0 bridgehead atoms. The summed E-state index contributed by atoms with van der Waals surface area (Å²) in [7, 11) is 1.55. The van der Waals surface area contributed by atoms with E-state index in [9.17, 15) is 4.79 Å². The molecule has 0 spiro atoms. The molecule has 1 rings (SSSR count). The summed E-state index contributed by atoms with van der Waals surface area (Å²) in [5.41, 5.74) is 1.21. The first kappa shape index (κ1) is 15.0. The molecule has 1 atom stereocenters. The first-order valence-electron chi connectivity index (χ1n) is 6.29. The zero-order valence-electron chi connectivity index (χ0n) is 11.8. The topological polar surface area (TPSA) is 59.3 Å². The Kier molecular flexibility index (Phi) is 5.37. The van der Waals surface area contributed by atoms with Gasteiger partial charge in [0.1, 0.15) is 5.75 Å². The van der Waals surface area contributed by atoms with E-state index in [1.807, 2.05) is 13.8 Å². The first-order chi connectivity index (χ1) is 9.04. The SMILES string of the molecule is CCOC(=O)C(c1cc(C#N)ccc1OC)C(C)C. The van der Waals surface area contributed by atoms with E-state index in [0.717, 1.165) is 0 Å². The molecule has 0 heterocycles. The van der Waals surface area contributed by atoms with Crippen LogP contribution in [0.1, 0.15) is 37.8 Å². The molecule has 1 aromatic rings. The molecule has 1 aromatic carbocycles. The fourth-order valence-corrected chi connectivity index (χ4v) is 2.04. The van der Waals surface area contributed by atoms with Crippen LogP contribution in [0.25, 0.3) is 0 Å². The summed E-state index contributed by atoms with van der Waals surface area (Å²) >= 11 is 0. The summed E-state index contributed by atoms with van der Waals surface area (Å²) < 4.78 is 10.4. The lowest BCUT2D eigenvalue weighted by Gasteiger charge is -2.21. The van der Waals surface area contributed by atoms with Gasteiger partial charge in [-0.15, -0.1) is 0 Å². The highest BCUT2D eigenvalue weighted by Gasteiger charge is 2.28. The number of esters is 1. The fraction of sp³-hybridized carbons (Fsp3) is 0.467. The Morgan fingerprint density at radius 3 is 2.58 bits per heavy atom. The van der Waals surface area contributed by atoms with Crippen molar-refractivity contribution in [3.05, 3.63) is 29.3 Å². The molecule has 0 aliphatic carbocycles. The molecule has 19 heavy (non-hydrogen) atoms. The van der Waals surface area contributed by atoms with Crippen LogP contribution in [-0.2, 0) is 9.53 Å². The van der Waals surface area contributed by atoms with Crippen LogP contribution >= 0.6 is 0 Å². The van der Waals surface area contributed by atoms with Gasteiger partial charge in [-0.3, -0.25) is 4.79 Å². The van der Waals surface area contributed by atoms with Crippen LogP contribution in [0, 0.1) is 17.2 Å². The lowest BCUT2D eigenvalue weighted by atomic mass is 9.87. The van der Waals surface area contributed by atoms with Crippen molar-refractivity contribution in [2.75, 3.05) is 13.7 Å². The average molecular weight is 261 g/mol. The second-order valence-corrected chi connectivity index (χ2v) is 4.54. The normalized spacial score (nSPS) is 11.8. The Balaban J connectivity index is 3.28. The summed E-state index contributed by atoms with van der Waals surface area (Å²) in [4.78, 5) is 12.1. The predicted molar refractivity (Wildman–Crippen MR) is 71.9 cm³/mol. The lowest BCUT2D eigenvalue weighted by molar-refractivity contribution is -0.146.